The number of rotatable bonds is 5. The van der Waals surface area contributed by atoms with Gasteiger partial charge in [0, 0.05) is 6.07 Å². The lowest BCUT2D eigenvalue weighted by Crippen LogP contribution is -2.16. The topological polar surface area (TPSA) is 97.4 Å². The third-order valence-corrected chi connectivity index (χ3v) is 4.82. The molecule has 0 fully saturated rings. The lowest BCUT2D eigenvalue weighted by molar-refractivity contribution is 0.0600. The van der Waals surface area contributed by atoms with Crippen molar-refractivity contribution in [2.45, 2.75) is 4.90 Å². The van der Waals surface area contributed by atoms with Crippen LogP contribution in [0.5, 0.6) is 23.0 Å². The molecule has 0 aromatic heterocycles. The van der Waals surface area contributed by atoms with Crippen molar-refractivity contribution in [2.24, 2.45) is 0 Å². The lowest BCUT2D eigenvalue weighted by Gasteiger charge is -2.19. The molecule has 0 unspecified atom stereocenters. The first-order valence-corrected chi connectivity index (χ1v) is 8.96. The van der Waals surface area contributed by atoms with Gasteiger partial charge in [-0.3, -0.25) is 0 Å². The van der Waals surface area contributed by atoms with Crippen LogP contribution in [0.25, 0.3) is 0 Å². The first kappa shape index (κ1) is 17.9. The Labute approximate surface area is 150 Å². The number of fused-ring (bicyclic) bond motifs is 1. The molecule has 1 aliphatic heterocycles. The van der Waals surface area contributed by atoms with Gasteiger partial charge in [-0.25, -0.2) is 4.79 Å². The third-order valence-electron chi connectivity index (χ3n) is 3.59. The Morgan fingerprint density at radius 2 is 1.69 bits per heavy atom. The fourth-order valence-corrected chi connectivity index (χ4v) is 3.28. The van der Waals surface area contributed by atoms with E-state index in [9.17, 15) is 13.2 Å². The second-order valence-corrected chi connectivity index (χ2v) is 6.75. The highest BCUT2D eigenvalue weighted by Gasteiger charge is 2.23. The zero-order chi connectivity index (χ0) is 18.7. The largest absolute Gasteiger partial charge is 0.493 e. The predicted molar refractivity (Wildman–Crippen MR) is 89.6 cm³/mol. The molecule has 26 heavy (non-hydrogen) atoms. The Kier molecular flexibility index (Phi) is 4.90. The number of methoxy groups -OCH3 is 2. The second kappa shape index (κ2) is 7.12. The van der Waals surface area contributed by atoms with Crippen molar-refractivity contribution in [2.75, 3.05) is 27.4 Å². The summed E-state index contributed by atoms with van der Waals surface area (Å²) in [6.07, 6.45) is 0. The van der Waals surface area contributed by atoms with E-state index in [0.717, 1.165) is 0 Å². The SMILES string of the molecule is COC(=O)c1ccc(OS(=O)(=O)c2ccc3c(c2)OCCO3)c(OC)c1. The quantitative estimate of drug-likeness (QED) is 0.574. The number of carbonyl (C=O) groups excluding carboxylic acids is 1. The fourth-order valence-electron chi connectivity index (χ4n) is 2.33. The molecule has 1 aliphatic rings. The summed E-state index contributed by atoms with van der Waals surface area (Å²) in [5.74, 6) is 0.234. The second-order valence-electron chi connectivity index (χ2n) is 5.20. The average Bonchev–Trinajstić information content (AvgIpc) is 2.67. The minimum atomic E-state index is -4.15. The smallest absolute Gasteiger partial charge is 0.339 e. The van der Waals surface area contributed by atoms with Crippen LogP contribution < -0.4 is 18.4 Å². The lowest BCUT2D eigenvalue weighted by atomic mass is 10.2. The third kappa shape index (κ3) is 3.52. The summed E-state index contributed by atoms with van der Waals surface area (Å²) < 4.78 is 50.8. The van der Waals surface area contributed by atoms with Crippen LogP contribution in [0, 0.1) is 0 Å². The van der Waals surface area contributed by atoms with Crippen LogP contribution >= 0.6 is 0 Å². The molecular formula is C17H16O8S. The van der Waals surface area contributed by atoms with Crippen molar-refractivity contribution in [1.82, 2.24) is 0 Å². The van der Waals surface area contributed by atoms with E-state index < -0.39 is 16.1 Å². The van der Waals surface area contributed by atoms with Gasteiger partial charge in [0.1, 0.15) is 18.1 Å². The van der Waals surface area contributed by atoms with Crippen molar-refractivity contribution in [1.29, 1.82) is 0 Å². The number of esters is 1. The van der Waals surface area contributed by atoms with E-state index in [4.69, 9.17) is 18.4 Å². The summed E-state index contributed by atoms with van der Waals surface area (Å²) in [7, 11) is -1.57. The molecule has 0 amide bonds. The van der Waals surface area contributed by atoms with Crippen molar-refractivity contribution >= 4 is 16.1 Å². The van der Waals surface area contributed by atoms with E-state index >= 15 is 0 Å². The Hall–Kier alpha value is -2.94. The molecule has 0 spiro atoms. The molecular weight excluding hydrogens is 364 g/mol. The highest BCUT2D eigenvalue weighted by molar-refractivity contribution is 7.87. The van der Waals surface area contributed by atoms with Gasteiger partial charge in [-0.1, -0.05) is 0 Å². The standard InChI is InChI=1S/C17H16O8S/c1-21-15-9-11(17(18)22-2)3-5-14(15)25-26(19,20)12-4-6-13-16(10-12)24-8-7-23-13/h3-6,9-10H,7-8H2,1-2H3. The maximum atomic E-state index is 12.6. The van der Waals surface area contributed by atoms with Crippen LogP contribution in [0.2, 0.25) is 0 Å². The normalized spacial score (nSPS) is 13.0. The zero-order valence-corrected chi connectivity index (χ0v) is 14.9. The van der Waals surface area contributed by atoms with Crippen LogP contribution in [-0.4, -0.2) is 41.8 Å². The molecule has 0 aliphatic carbocycles. The minimum Gasteiger partial charge on any atom is -0.493 e. The van der Waals surface area contributed by atoms with Crippen molar-refractivity contribution in [3.05, 3.63) is 42.0 Å². The Balaban J connectivity index is 1.91. The van der Waals surface area contributed by atoms with Crippen molar-refractivity contribution in [3.8, 4) is 23.0 Å². The highest BCUT2D eigenvalue weighted by atomic mass is 32.2. The van der Waals surface area contributed by atoms with Gasteiger partial charge < -0.3 is 23.1 Å². The number of benzene rings is 2. The van der Waals surface area contributed by atoms with Gasteiger partial charge in [-0.2, -0.15) is 8.42 Å². The van der Waals surface area contributed by atoms with E-state index in [0.29, 0.717) is 24.7 Å². The molecule has 0 bridgehead atoms. The molecule has 0 saturated heterocycles. The van der Waals surface area contributed by atoms with E-state index in [1.54, 1.807) is 0 Å². The first-order chi connectivity index (χ1) is 12.4. The van der Waals surface area contributed by atoms with Crippen LogP contribution in [0.4, 0.5) is 0 Å². The molecule has 0 radical (unpaired) electrons. The molecule has 138 valence electrons. The van der Waals surface area contributed by atoms with Gasteiger partial charge in [-0.15, -0.1) is 0 Å². The summed E-state index contributed by atoms with van der Waals surface area (Å²) in [6.45, 7) is 0.736. The van der Waals surface area contributed by atoms with Gasteiger partial charge >= 0.3 is 16.1 Å². The monoisotopic (exact) mass is 380 g/mol. The van der Waals surface area contributed by atoms with Gasteiger partial charge in [-0.05, 0) is 30.3 Å². The molecule has 2 aromatic carbocycles. The molecule has 0 saturated carbocycles. The van der Waals surface area contributed by atoms with Gasteiger partial charge in [0.25, 0.3) is 0 Å². The van der Waals surface area contributed by atoms with Crippen molar-refractivity contribution in [3.63, 3.8) is 0 Å². The summed E-state index contributed by atoms with van der Waals surface area (Å²) in [4.78, 5) is 11.5. The Bertz CT molecular complexity index is 936. The van der Waals surface area contributed by atoms with E-state index in [1.165, 1.54) is 50.6 Å². The van der Waals surface area contributed by atoms with Gasteiger partial charge in [0.2, 0.25) is 0 Å². The fraction of sp³-hybridized carbons (Fsp3) is 0.235. The maximum absolute atomic E-state index is 12.6. The number of hydrogen-bond donors (Lipinski definition) is 0. The molecule has 0 N–H and O–H groups in total. The summed E-state index contributed by atoms with van der Waals surface area (Å²) in [6, 6.07) is 8.23. The van der Waals surface area contributed by atoms with E-state index in [-0.39, 0.29) is 22.0 Å². The zero-order valence-electron chi connectivity index (χ0n) is 14.1. The van der Waals surface area contributed by atoms with Crippen LogP contribution in [-0.2, 0) is 14.9 Å². The van der Waals surface area contributed by atoms with Gasteiger partial charge in [0.15, 0.2) is 23.0 Å². The molecule has 8 nitrogen and oxygen atoms in total. The highest BCUT2D eigenvalue weighted by Crippen LogP contribution is 2.35. The van der Waals surface area contributed by atoms with Crippen LogP contribution in [0.15, 0.2) is 41.3 Å². The van der Waals surface area contributed by atoms with E-state index in [1.807, 2.05) is 0 Å². The summed E-state index contributed by atoms with van der Waals surface area (Å²) in [5, 5.41) is 0. The molecule has 0 atom stereocenters. The van der Waals surface area contributed by atoms with E-state index in [2.05, 4.69) is 4.74 Å². The average molecular weight is 380 g/mol. The number of hydrogen-bond acceptors (Lipinski definition) is 8. The summed E-state index contributed by atoms with van der Waals surface area (Å²) in [5.41, 5.74) is 0.202. The minimum absolute atomic E-state index is 0.0601. The van der Waals surface area contributed by atoms with Crippen LogP contribution in [0.3, 0.4) is 0 Å². The maximum Gasteiger partial charge on any atom is 0.339 e. The van der Waals surface area contributed by atoms with Gasteiger partial charge in [0.05, 0.1) is 19.8 Å². The van der Waals surface area contributed by atoms with Crippen molar-refractivity contribution < 1.29 is 36.3 Å². The first-order valence-electron chi connectivity index (χ1n) is 7.55. The molecule has 1 heterocycles. The predicted octanol–water partition coefficient (Wildman–Crippen LogP) is 2.02. The number of carbonyl (C=O) groups is 1. The Morgan fingerprint density at radius 3 is 2.38 bits per heavy atom. The summed E-state index contributed by atoms with van der Waals surface area (Å²) >= 11 is 0. The molecule has 2 aromatic rings. The number of ether oxygens (including phenoxy) is 4. The molecule has 9 heteroatoms. The van der Waals surface area contributed by atoms with Crippen LogP contribution in [0.1, 0.15) is 10.4 Å². The molecule has 3 rings (SSSR count). The Morgan fingerprint density at radius 1 is 0.962 bits per heavy atom.